The molecule has 3 aromatic heterocycles. The number of rotatable bonds is 5. The maximum atomic E-state index is 4.55. The molecule has 0 bridgehead atoms. The van der Waals surface area contributed by atoms with Crippen molar-refractivity contribution >= 4 is 22.4 Å². The van der Waals surface area contributed by atoms with E-state index in [1.54, 1.807) is 0 Å². The molecule has 1 aliphatic rings. The number of anilines is 2. The van der Waals surface area contributed by atoms with Crippen LogP contribution in [0, 0.1) is 0 Å². The zero-order valence-electron chi connectivity index (χ0n) is 15.6. The maximum absolute atomic E-state index is 4.55. The molecule has 1 saturated heterocycles. The molecule has 1 fully saturated rings. The molecule has 4 heterocycles. The van der Waals surface area contributed by atoms with Crippen LogP contribution in [0.4, 0.5) is 11.6 Å². The lowest BCUT2D eigenvalue weighted by Gasteiger charge is -2.15. The van der Waals surface area contributed by atoms with Gasteiger partial charge in [-0.1, -0.05) is 12.1 Å². The Labute approximate surface area is 163 Å². The second kappa shape index (κ2) is 7.40. The van der Waals surface area contributed by atoms with Crippen molar-refractivity contribution in [2.24, 2.45) is 0 Å². The molecule has 0 spiro atoms. The Morgan fingerprint density at radius 2 is 1.79 bits per heavy atom. The van der Waals surface area contributed by atoms with Gasteiger partial charge in [0, 0.05) is 36.1 Å². The van der Waals surface area contributed by atoms with Crippen molar-refractivity contribution in [3.63, 3.8) is 0 Å². The minimum Gasteiger partial charge on any atom is -0.325 e. The smallest absolute Gasteiger partial charge is 0.132 e. The molecule has 28 heavy (non-hydrogen) atoms. The lowest BCUT2D eigenvalue weighted by Crippen LogP contribution is -2.18. The van der Waals surface area contributed by atoms with Gasteiger partial charge in [0.1, 0.15) is 11.6 Å². The lowest BCUT2D eigenvalue weighted by atomic mass is 10.1. The molecule has 6 nitrogen and oxygen atoms in total. The minimum absolute atomic E-state index is 0.794. The Kier molecular flexibility index (Phi) is 4.47. The van der Waals surface area contributed by atoms with Crippen molar-refractivity contribution in [1.82, 2.24) is 25.1 Å². The number of H-pyrrole nitrogens is 1. The third-order valence-corrected chi connectivity index (χ3v) is 5.24. The van der Waals surface area contributed by atoms with Gasteiger partial charge in [-0.15, -0.1) is 0 Å². The van der Waals surface area contributed by atoms with E-state index in [-0.39, 0.29) is 0 Å². The Morgan fingerprint density at radius 1 is 0.893 bits per heavy atom. The summed E-state index contributed by atoms with van der Waals surface area (Å²) in [6.45, 7) is 3.36. The number of hydrogen-bond donors (Lipinski definition) is 2. The summed E-state index contributed by atoms with van der Waals surface area (Å²) in [5.74, 6) is 1.62. The van der Waals surface area contributed by atoms with Gasteiger partial charge in [-0.2, -0.15) is 5.10 Å². The van der Waals surface area contributed by atoms with Crippen LogP contribution in [0.5, 0.6) is 0 Å². The first-order valence-electron chi connectivity index (χ1n) is 9.67. The van der Waals surface area contributed by atoms with Crippen molar-refractivity contribution < 1.29 is 0 Å². The summed E-state index contributed by atoms with van der Waals surface area (Å²) in [6.07, 6.45) is 10.1. The molecular weight excluding hydrogens is 348 g/mol. The van der Waals surface area contributed by atoms with Crippen LogP contribution in [0.2, 0.25) is 0 Å². The van der Waals surface area contributed by atoms with E-state index < -0.39 is 0 Å². The van der Waals surface area contributed by atoms with Gasteiger partial charge in [0.25, 0.3) is 0 Å². The van der Waals surface area contributed by atoms with E-state index in [0.717, 1.165) is 40.1 Å². The van der Waals surface area contributed by atoms with Gasteiger partial charge in [-0.3, -0.25) is 10.00 Å². The van der Waals surface area contributed by atoms with E-state index in [1.807, 2.05) is 24.8 Å². The molecule has 0 unspecified atom stereocenters. The fraction of sp³-hybridized carbons (Fsp3) is 0.227. The van der Waals surface area contributed by atoms with Gasteiger partial charge in [-0.05, 0) is 66.7 Å². The van der Waals surface area contributed by atoms with E-state index in [9.17, 15) is 0 Å². The highest BCUT2D eigenvalue weighted by Gasteiger charge is 2.12. The number of hydrogen-bond acceptors (Lipinski definition) is 5. The number of nitrogens with zero attached hydrogens (tertiary/aromatic N) is 4. The average molecular weight is 370 g/mol. The summed E-state index contributed by atoms with van der Waals surface area (Å²) in [7, 11) is 0. The van der Waals surface area contributed by atoms with Crippen LogP contribution in [-0.2, 0) is 6.54 Å². The number of aromatic amines is 1. The Bertz CT molecular complexity index is 1080. The first-order chi connectivity index (χ1) is 13.8. The van der Waals surface area contributed by atoms with Crippen molar-refractivity contribution in [3.05, 3.63) is 66.7 Å². The van der Waals surface area contributed by atoms with Crippen molar-refractivity contribution in [2.45, 2.75) is 19.4 Å². The number of pyridine rings is 2. The summed E-state index contributed by atoms with van der Waals surface area (Å²) in [6, 6.07) is 12.6. The van der Waals surface area contributed by atoms with E-state index in [4.69, 9.17) is 0 Å². The van der Waals surface area contributed by atoms with Crippen LogP contribution < -0.4 is 5.32 Å². The zero-order valence-corrected chi connectivity index (χ0v) is 15.6. The van der Waals surface area contributed by atoms with Crippen LogP contribution in [-0.4, -0.2) is 38.2 Å². The molecular formula is C22H22N6. The third-order valence-electron chi connectivity index (χ3n) is 5.24. The molecule has 1 aliphatic heterocycles. The van der Waals surface area contributed by atoms with Crippen LogP contribution in [0.25, 0.3) is 21.9 Å². The summed E-state index contributed by atoms with van der Waals surface area (Å²) in [4.78, 5) is 11.5. The molecule has 140 valence electrons. The van der Waals surface area contributed by atoms with Gasteiger partial charge >= 0.3 is 0 Å². The maximum Gasteiger partial charge on any atom is 0.132 e. The SMILES string of the molecule is c1cc(CN2CCCC2)cc(Nc2cc3cc(-c4cn[nH]c4)ccc3cn2)n1. The molecule has 1 aromatic carbocycles. The Hall–Kier alpha value is -3.25. The highest BCUT2D eigenvalue weighted by Crippen LogP contribution is 2.25. The minimum atomic E-state index is 0.794. The zero-order chi connectivity index (χ0) is 18.8. The standard InChI is InChI=1S/C22H22N6/c1-2-8-28(7-1)15-16-5-6-23-21(9-16)27-22-11-19-10-17(20-13-25-26-14-20)3-4-18(19)12-24-22/h3-6,9-14H,1-2,7-8,15H2,(H,25,26)(H,23,24,27). The molecule has 5 rings (SSSR count). The van der Waals surface area contributed by atoms with Gasteiger partial charge in [0.2, 0.25) is 0 Å². The summed E-state index contributed by atoms with van der Waals surface area (Å²) >= 11 is 0. The number of likely N-dealkylation sites (tertiary alicyclic amines) is 1. The van der Waals surface area contributed by atoms with Crippen molar-refractivity contribution in [1.29, 1.82) is 0 Å². The molecule has 0 atom stereocenters. The molecule has 6 heteroatoms. The fourth-order valence-electron chi connectivity index (χ4n) is 3.77. The van der Waals surface area contributed by atoms with Crippen molar-refractivity contribution in [3.8, 4) is 11.1 Å². The monoisotopic (exact) mass is 370 g/mol. The van der Waals surface area contributed by atoms with E-state index in [0.29, 0.717) is 0 Å². The third kappa shape index (κ3) is 3.59. The summed E-state index contributed by atoms with van der Waals surface area (Å²) < 4.78 is 0. The summed E-state index contributed by atoms with van der Waals surface area (Å²) in [5.41, 5.74) is 3.48. The van der Waals surface area contributed by atoms with Crippen LogP contribution in [0.15, 0.2) is 61.2 Å². The lowest BCUT2D eigenvalue weighted by molar-refractivity contribution is 0.331. The number of benzene rings is 1. The second-order valence-corrected chi connectivity index (χ2v) is 7.28. The van der Waals surface area contributed by atoms with E-state index >= 15 is 0 Å². The Morgan fingerprint density at radius 3 is 2.64 bits per heavy atom. The first-order valence-corrected chi connectivity index (χ1v) is 9.67. The second-order valence-electron chi connectivity index (χ2n) is 7.28. The fourth-order valence-corrected chi connectivity index (χ4v) is 3.77. The predicted octanol–water partition coefficient (Wildman–Crippen LogP) is 4.36. The molecule has 2 N–H and O–H groups in total. The van der Waals surface area contributed by atoms with Crippen LogP contribution in [0.3, 0.4) is 0 Å². The highest BCUT2D eigenvalue weighted by atomic mass is 15.1. The topological polar surface area (TPSA) is 69.7 Å². The van der Waals surface area contributed by atoms with Gasteiger partial charge in [0.05, 0.1) is 6.20 Å². The number of fused-ring (bicyclic) bond motifs is 1. The van der Waals surface area contributed by atoms with Crippen LogP contribution >= 0.6 is 0 Å². The highest BCUT2D eigenvalue weighted by molar-refractivity contribution is 5.88. The Balaban J connectivity index is 1.38. The van der Waals surface area contributed by atoms with E-state index in [1.165, 1.54) is 31.5 Å². The van der Waals surface area contributed by atoms with Crippen molar-refractivity contribution in [2.75, 3.05) is 18.4 Å². The number of nitrogens with one attached hydrogen (secondary N) is 2. The van der Waals surface area contributed by atoms with Crippen LogP contribution in [0.1, 0.15) is 18.4 Å². The quantitative estimate of drug-likeness (QED) is 0.546. The first kappa shape index (κ1) is 16.9. The predicted molar refractivity (Wildman–Crippen MR) is 111 cm³/mol. The largest absolute Gasteiger partial charge is 0.325 e. The molecule has 0 radical (unpaired) electrons. The van der Waals surface area contributed by atoms with E-state index in [2.05, 4.69) is 66.8 Å². The molecule has 0 amide bonds. The molecule has 4 aromatic rings. The van der Waals surface area contributed by atoms with Gasteiger partial charge < -0.3 is 5.32 Å². The number of aromatic nitrogens is 4. The average Bonchev–Trinajstić information content (AvgIpc) is 3.42. The normalized spacial score (nSPS) is 14.6. The molecule has 0 saturated carbocycles. The van der Waals surface area contributed by atoms with Gasteiger partial charge in [-0.25, -0.2) is 9.97 Å². The summed E-state index contributed by atoms with van der Waals surface area (Å²) in [5, 5.41) is 12.5. The van der Waals surface area contributed by atoms with Gasteiger partial charge in [0.15, 0.2) is 0 Å². The molecule has 0 aliphatic carbocycles.